The van der Waals surface area contributed by atoms with Crippen molar-refractivity contribution in [2.45, 2.75) is 97.2 Å². The van der Waals surface area contributed by atoms with Crippen molar-refractivity contribution in [1.29, 1.82) is 0 Å². The standard InChI is InChI=1S/C31H39N5O4/c1-4-26(38)25-14-31-15-27(31)36(25)28(39)17-35-16-24(19(2)37)23-13-22(30-34-33-20(3)40-30)12-21(29(23)35)10-8-6-5-7-9-11-32-18-31/h12-13,16,25,27,32H,4-11,14-15,17-18H2,1-3H3/t25-,27+,31-/m0/s1. The van der Waals surface area contributed by atoms with Crippen LogP contribution in [-0.4, -0.2) is 62.3 Å². The molecule has 3 aliphatic rings. The van der Waals surface area contributed by atoms with E-state index in [0.29, 0.717) is 23.8 Å². The molecule has 9 heteroatoms. The van der Waals surface area contributed by atoms with Gasteiger partial charge in [-0.05, 0) is 63.3 Å². The van der Waals surface area contributed by atoms with E-state index < -0.39 is 0 Å². The molecule has 2 aliphatic heterocycles. The molecule has 2 bridgehead atoms. The first kappa shape index (κ1) is 26.9. The molecule has 4 heterocycles. The maximum Gasteiger partial charge on any atom is 0.247 e. The fraction of sp³-hybridized carbons (Fsp3) is 0.581. The Labute approximate surface area is 234 Å². The van der Waals surface area contributed by atoms with Crippen molar-refractivity contribution in [3.8, 4) is 11.5 Å². The number of carbonyl (C=O) groups is 3. The Morgan fingerprint density at radius 1 is 1.12 bits per heavy atom. The summed E-state index contributed by atoms with van der Waals surface area (Å²) in [5, 5.41) is 12.7. The topological polar surface area (TPSA) is 110 Å². The molecule has 40 heavy (non-hydrogen) atoms. The summed E-state index contributed by atoms with van der Waals surface area (Å²) < 4.78 is 7.69. The van der Waals surface area contributed by atoms with E-state index in [-0.39, 0.29) is 41.5 Å². The SMILES string of the molecule is CCC(=O)[C@@H]1C[C@]23CNCCCCCCCc4cc(-c5nnc(C)o5)cc5c(C(C)=O)cn(c45)CC(=O)N1[C@@H]2C3. The quantitative estimate of drug-likeness (QED) is 0.476. The summed E-state index contributed by atoms with van der Waals surface area (Å²) in [4.78, 5) is 41.7. The molecular formula is C31H39N5O4. The molecule has 1 saturated carbocycles. The predicted octanol–water partition coefficient (Wildman–Crippen LogP) is 4.64. The van der Waals surface area contributed by atoms with Gasteiger partial charge in [0.2, 0.25) is 17.7 Å². The number of amides is 1. The first-order chi connectivity index (χ1) is 19.3. The second-order valence-electron chi connectivity index (χ2n) is 12.0. The van der Waals surface area contributed by atoms with Crippen molar-refractivity contribution in [1.82, 2.24) is 25.0 Å². The molecule has 1 N–H and O–H groups in total. The molecule has 6 rings (SSSR count). The second kappa shape index (κ2) is 10.6. The molecule has 0 radical (unpaired) electrons. The van der Waals surface area contributed by atoms with Gasteiger partial charge in [-0.25, -0.2) is 0 Å². The minimum absolute atomic E-state index is 0.00465. The minimum atomic E-state index is -0.363. The fourth-order valence-electron chi connectivity index (χ4n) is 7.08. The number of aryl methyl sites for hydroxylation is 2. The van der Waals surface area contributed by atoms with E-state index in [1.807, 2.05) is 28.7 Å². The molecule has 9 nitrogen and oxygen atoms in total. The Morgan fingerprint density at radius 2 is 1.93 bits per heavy atom. The number of aromatic nitrogens is 3. The zero-order chi connectivity index (χ0) is 28.0. The van der Waals surface area contributed by atoms with Crippen LogP contribution in [0.4, 0.5) is 0 Å². The van der Waals surface area contributed by atoms with Crippen molar-refractivity contribution in [2.24, 2.45) is 5.41 Å². The summed E-state index contributed by atoms with van der Waals surface area (Å²) in [5.41, 5.74) is 3.33. The van der Waals surface area contributed by atoms with Crippen molar-refractivity contribution < 1.29 is 18.8 Å². The number of nitrogens with zero attached hydrogens (tertiary/aromatic N) is 4. The maximum atomic E-state index is 14.0. The first-order valence-electron chi connectivity index (χ1n) is 14.8. The molecule has 1 aromatic carbocycles. The van der Waals surface area contributed by atoms with Gasteiger partial charge in [0.1, 0.15) is 6.54 Å². The smallest absolute Gasteiger partial charge is 0.247 e. The zero-order valence-electron chi connectivity index (χ0n) is 23.8. The molecule has 212 valence electrons. The lowest BCUT2D eigenvalue weighted by atomic mass is 9.96. The number of carbonyl (C=O) groups excluding carboxylic acids is 3. The molecule has 0 unspecified atom stereocenters. The number of ketones is 2. The Hall–Kier alpha value is -3.33. The van der Waals surface area contributed by atoms with Gasteiger partial charge in [0.15, 0.2) is 11.6 Å². The van der Waals surface area contributed by atoms with E-state index >= 15 is 0 Å². The van der Waals surface area contributed by atoms with Crippen LogP contribution in [0.2, 0.25) is 0 Å². The summed E-state index contributed by atoms with van der Waals surface area (Å²) in [7, 11) is 0. The van der Waals surface area contributed by atoms with Crippen LogP contribution in [0.1, 0.15) is 87.0 Å². The number of hydrogen-bond acceptors (Lipinski definition) is 7. The van der Waals surface area contributed by atoms with Crippen molar-refractivity contribution in [2.75, 3.05) is 13.1 Å². The zero-order valence-corrected chi connectivity index (χ0v) is 23.8. The van der Waals surface area contributed by atoms with Crippen LogP contribution in [0.3, 0.4) is 0 Å². The maximum absolute atomic E-state index is 14.0. The number of benzene rings is 1. The van der Waals surface area contributed by atoms with Crippen LogP contribution < -0.4 is 5.32 Å². The van der Waals surface area contributed by atoms with Gasteiger partial charge < -0.3 is 19.2 Å². The molecule has 3 atom stereocenters. The van der Waals surface area contributed by atoms with Gasteiger partial charge in [-0.1, -0.05) is 26.2 Å². The van der Waals surface area contributed by atoms with Crippen LogP contribution in [0, 0.1) is 12.3 Å². The molecular weight excluding hydrogens is 506 g/mol. The number of piperidine rings is 1. The summed E-state index contributed by atoms with van der Waals surface area (Å²) in [6.07, 6.45) is 10.3. The summed E-state index contributed by atoms with van der Waals surface area (Å²) in [6, 6.07) is 3.74. The van der Waals surface area contributed by atoms with Crippen LogP contribution in [0.15, 0.2) is 22.7 Å². The van der Waals surface area contributed by atoms with Gasteiger partial charge >= 0.3 is 0 Å². The van der Waals surface area contributed by atoms with E-state index in [2.05, 4.69) is 21.6 Å². The Balaban J connectivity index is 1.44. The lowest BCUT2D eigenvalue weighted by Gasteiger charge is -2.27. The predicted molar refractivity (Wildman–Crippen MR) is 151 cm³/mol. The van der Waals surface area contributed by atoms with E-state index in [1.54, 1.807) is 13.8 Å². The highest BCUT2D eigenvalue weighted by Gasteiger charge is 2.66. The summed E-state index contributed by atoms with van der Waals surface area (Å²) in [6.45, 7) is 7.13. The third-order valence-corrected chi connectivity index (χ3v) is 9.21. The number of nitrogens with one attached hydrogen (secondary N) is 1. The van der Waals surface area contributed by atoms with E-state index in [1.165, 1.54) is 12.8 Å². The molecule has 1 saturated heterocycles. The fourth-order valence-corrected chi connectivity index (χ4v) is 7.08. The third kappa shape index (κ3) is 4.78. The van der Waals surface area contributed by atoms with Crippen LogP contribution in [-0.2, 0) is 22.6 Å². The highest BCUT2D eigenvalue weighted by molar-refractivity contribution is 6.09. The highest BCUT2D eigenvalue weighted by atomic mass is 16.4. The van der Waals surface area contributed by atoms with E-state index in [4.69, 9.17) is 4.42 Å². The average Bonchev–Trinajstić information content (AvgIpc) is 3.22. The Kier molecular flexibility index (Phi) is 7.10. The average molecular weight is 546 g/mol. The van der Waals surface area contributed by atoms with Gasteiger partial charge in [-0.2, -0.15) is 0 Å². The van der Waals surface area contributed by atoms with Gasteiger partial charge in [-0.15, -0.1) is 10.2 Å². The van der Waals surface area contributed by atoms with Crippen molar-refractivity contribution in [3.63, 3.8) is 0 Å². The van der Waals surface area contributed by atoms with Gasteiger partial charge in [0.05, 0.1) is 11.6 Å². The number of Topliss-reactive ketones (excluding diaryl/α,β-unsaturated/α-hetero) is 2. The third-order valence-electron chi connectivity index (χ3n) is 9.21. The lowest BCUT2D eigenvalue weighted by molar-refractivity contribution is -0.139. The van der Waals surface area contributed by atoms with Crippen molar-refractivity contribution in [3.05, 3.63) is 35.3 Å². The normalized spacial score (nSPS) is 25.6. The van der Waals surface area contributed by atoms with Gasteiger partial charge in [0.25, 0.3) is 0 Å². The van der Waals surface area contributed by atoms with Gasteiger partial charge in [-0.3, -0.25) is 14.4 Å². The molecule has 1 amide bonds. The van der Waals surface area contributed by atoms with Crippen LogP contribution >= 0.6 is 0 Å². The summed E-state index contributed by atoms with van der Waals surface area (Å²) in [5.74, 6) is 0.936. The molecule has 3 aromatic rings. The van der Waals surface area contributed by atoms with Gasteiger partial charge in [0, 0.05) is 54.1 Å². The van der Waals surface area contributed by atoms with Crippen LogP contribution in [0.5, 0.6) is 0 Å². The summed E-state index contributed by atoms with van der Waals surface area (Å²) >= 11 is 0. The van der Waals surface area contributed by atoms with Crippen molar-refractivity contribution >= 4 is 28.4 Å². The second-order valence-corrected chi connectivity index (χ2v) is 12.0. The lowest BCUT2D eigenvalue weighted by Crippen LogP contribution is -2.44. The molecule has 0 spiro atoms. The monoisotopic (exact) mass is 545 g/mol. The molecule has 2 fully saturated rings. The number of hydrogen-bond donors (Lipinski definition) is 1. The van der Waals surface area contributed by atoms with E-state index in [9.17, 15) is 14.4 Å². The first-order valence-corrected chi connectivity index (χ1v) is 14.8. The number of rotatable bonds is 4. The Morgan fingerprint density at radius 3 is 2.67 bits per heavy atom. The molecule has 1 aliphatic carbocycles. The highest BCUT2D eigenvalue weighted by Crippen LogP contribution is 2.59. The van der Waals surface area contributed by atoms with E-state index in [0.717, 1.165) is 73.6 Å². The minimum Gasteiger partial charge on any atom is -0.421 e. The van der Waals surface area contributed by atoms with Crippen LogP contribution in [0.25, 0.3) is 22.4 Å². The Bertz CT molecular complexity index is 1470. The largest absolute Gasteiger partial charge is 0.421 e. The molecule has 2 aromatic heterocycles.